The summed E-state index contributed by atoms with van der Waals surface area (Å²) in [5.74, 6) is -0.803. The van der Waals surface area contributed by atoms with E-state index in [4.69, 9.17) is 0 Å². The zero-order chi connectivity index (χ0) is 6.85. The molecule has 0 aliphatic heterocycles. The first-order valence-electron chi connectivity index (χ1n) is 2.86. The zero-order valence-electron chi connectivity index (χ0n) is 5.22. The Hall–Kier alpha value is -0.860. The highest BCUT2D eigenvalue weighted by Gasteiger charge is 2.35. The Morgan fingerprint density at radius 1 is 1.78 bits per heavy atom. The van der Waals surface area contributed by atoms with E-state index >= 15 is 0 Å². The molecule has 0 spiro atoms. The van der Waals surface area contributed by atoms with Crippen LogP contribution in [0.3, 0.4) is 0 Å². The van der Waals surface area contributed by atoms with Crippen molar-refractivity contribution in [2.75, 3.05) is 7.11 Å². The molecule has 0 aromatic carbocycles. The molecular weight excluding hydrogens is 120 g/mol. The van der Waals surface area contributed by atoms with Crippen molar-refractivity contribution < 1.29 is 14.3 Å². The number of hydrogen-bond acceptors (Lipinski definition) is 3. The van der Waals surface area contributed by atoms with Crippen molar-refractivity contribution in [1.29, 1.82) is 0 Å². The topological polar surface area (TPSA) is 43.4 Å². The van der Waals surface area contributed by atoms with Gasteiger partial charge in [0.15, 0.2) is 0 Å². The highest BCUT2D eigenvalue weighted by atomic mass is 16.5. The van der Waals surface area contributed by atoms with E-state index in [1.165, 1.54) is 7.11 Å². The Morgan fingerprint density at radius 2 is 2.44 bits per heavy atom. The number of carbonyl (C=O) groups excluding carboxylic acids is 2. The van der Waals surface area contributed by atoms with E-state index in [1.807, 2.05) is 0 Å². The van der Waals surface area contributed by atoms with Crippen LogP contribution in [0.25, 0.3) is 0 Å². The number of methoxy groups -OCH3 is 1. The molecule has 0 saturated heterocycles. The molecule has 0 aromatic heterocycles. The van der Waals surface area contributed by atoms with E-state index in [0.29, 0.717) is 12.8 Å². The fourth-order valence-electron chi connectivity index (χ4n) is 0.798. The molecular formula is C6H8O3. The van der Waals surface area contributed by atoms with Crippen molar-refractivity contribution in [3.8, 4) is 0 Å². The molecule has 1 rings (SSSR count). The molecule has 1 atom stereocenters. The molecule has 0 heterocycles. The van der Waals surface area contributed by atoms with Crippen LogP contribution < -0.4 is 0 Å². The van der Waals surface area contributed by atoms with Gasteiger partial charge < -0.3 is 4.74 Å². The van der Waals surface area contributed by atoms with Crippen LogP contribution in [0.15, 0.2) is 0 Å². The fraction of sp³-hybridized carbons (Fsp3) is 0.667. The highest BCUT2D eigenvalue weighted by Crippen LogP contribution is 2.22. The van der Waals surface area contributed by atoms with Crippen LogP contribution in [0.1, 0.15) is 12.8 Å². The van der Waals surface area contributed by atoms with Gasteiger partial charge in [0.05, 0.1) is 7.11 Å². The lowest BCUT2D eigenvalue weighted by Gasteiger charge is -2.20. The van der Waals surface area contributed by atoms with E-state index in [2.05, 4.69) is 4.74 Å². The standard InChI is InChI=1S/C6H8O3/c1-9-6(8)4-2-3-5(4)7/h4H,2-3H2,1H3/t4-/m0/s1. The van der Waals surface area contributed by atoms with Crippen LogP contribution in [0.4, 0.5) is 0 Å². The van der Waals surface area contributed by atoms with Crippen molar-refractivity contribution in [1.82, 2.24) is 0 Å². The SMILES string of the molecule is COC(=O)[C@H]1CCC1=O. The third-order valence-electron chi connectivity index (χ3n) is 1.55. The molecule has 0 aromatic rings. The Balaban J connectivity index is 2.44. The van der Waals surface area contributed by atoms with Crippen molar-refractivity contribution in [3.63, 3.8) is 0 Å². The summed E-state index contributed by atoms with van der Waals surface area (Å²) in [6.07, 6.45) is 1.21. The second kappa shape index (κ2) is 2.17. The lowest BCUT2D eigenvalue weighted by Crippen LogP contribution is -2.33. The summed E-state index contributed by atoms with van der Waals surface area (Å²) in [6.45, 7) is 0. The molecule has 1 aliphatic rings. The molecule has 3 heteroatoms. The second-order valence-corrected chi connectivity index (χ2v) is 2.08. The summed E-state index contributed by atoms with van der Waals surface area (Å²) in [4.78, 5) is 21.1. The molecule has 0 unspecified atom stereocenters. The fourth-order valence-corrected chi connectivity index (χ4v) is 0.798. The lowest BCUT2D eigenvalue weighted by molar-refractivity contribution is -0.153. The van der Waals surface area contributed by atoms with Crippen molar-refractivity contribution in [2.45, 2.75) is 12.8 Å². The van der Waals surface area contributed by atoms with Gasteiger partial charge >= 0.3 is 5.97 Å². The molecule has 0 bridgehead atoms. The number of Topliss-reactive ketones (excluding diaryl/α,β-unsaturated/α-hetero) is 1. The van der Waals surface area contributed by atoms with Crippen molar-refractivity contribution >= 4 is 11.8 Å². The van der Waals surface area contributed by atoms with Crippen molar-refractivity contribution in [3.05, 3.63) is 0 Å². The average molecular weight is 128 g/mol. The number of ketones is 1. The van der Waals surface area contributed by atoms with E-state index < -0.39 is 5.92 Å². The molecule has 0 radical (unpaired) electrons. The van der Waals surface area contributed by atoms with E-state index in [0.717, 1.165) is 0 Å². The Labute approximate surface area is 53.0 Å². The number of ether oxygens (including phenoxy) is 1. The van der Waals surface area contributed by atoms with Gasteiger partial charge in [-0.3, -0.25) is 9.59 Å². The van der Waals surface area contributed by atoms with Crippen LogP contribution in [0.2, 0.25) is 0 Å². The van der Waals surface area contributed by atoms with Gasteiger partial charge in [-0.25, -0.2) is 0 Å². The maximum Gasteiger partial charge on any atom is 0.316 e. The Morgan fingerprint density at radius 3 is 2.56 bits per heavy atom. The number of hydrogen-bond donors (Lipinski definition) is 0. The number of esters is 1. The predicted molar refractivity (Wildman–Crippen MR) is 29.7 cm³/mol. The molecule has 1 saturated carbocycles. The minimum absolute atomic E-state index is 0.0156. The first-order valence-corrected chi connectivity index (χ1v) is 2.86. The van der Waals surface area contributed by atoms with Gasteiger partial charge in [-0.1, -0.05) is 0 Å². The number of carbonyl (C=O) groups is 2. The highest BCUT2D eigenvalue weighted by molar-refractivity contribution is 6.03. The largest absolute Gasteiger partial charge is 0.468 e. The predicted octanol–water partition coefficient (Wildman–Crippen LogP) is 0.138. The van der Waals surface area contributed by atoms with Gasteiger partial charge in [0, 0.05) is 6.42 Å². The molecule has 50 valence electrons. The average Bonchev–Trinajstić information content (AvgIpc) is 1.84. The van der Waals surface area contributed by atoms with Crippen LogP contribution in [-0.2, 0) is 14.3 Å². The molecule has 3 nitrogen and oxygen atoms in total. The number of rotatable bonds is 1. The monoisotopic (exact) mass is 128 g/mol. The summed E-state index contributed by atoms with van der Waals surface area (Å²) >= 11 is 0. The van der Waals surface area contributed by atoms with Gasteiger partial charge in [0.25, 0.3) is 0 Å². The minimum Gasteiger partial charge on any atom is -0.468 e. The van der Waals surface area contributed by atoms with Crippen LogP contribution in [0, 0.1) is 5.92 Å². The summed E-state index contributed by atoms with van der Waals surface area (Å²) < 4.78 is 4.36. The maximum atomic E-state index is 10.6. The molecule has 0 amide bonds. The Kier molecular flexibility index (Phi) is 1.51. The third-order valence-corrected chi connectivity index (χ3v) is 1.55. The smallest absolute Gasteiger partial charge is 0.316 e. The van der Waals surface area contributed by atoms with Gasteiger partial charge in [-0.15, -0.1) is 0 Å². The van der Waals surface area contributed by atoms with Crippen LogP contribution >= 0.6 is 0 Å². The van der Waals surface area contributed by atoms with Gasteiger partial charge in [-0.2, -0.15) is 0 Å². The second-order valence-electron chi connectivity index (χ2n) is 2.08. The van der Waals surface area contributed by atoms with Gasteiger partial charge in [0.1, 0.15) is 11.7 Å². The summed E-state index contributed by atoms with van der Waals surface area (Å²) in [5.41, 5.74) is 0. The third kappa shape index (κ3) is 0.943. The minimum atomic E-state index is -0.435. The van der Waals surface area contributed by atoms with Gasteiger partial charge in [-0.05, 0) is 6.42 Å². The quantitative estimate of drug-likeness (QED) is 0.372. The maximum absolute atomic E-state index is 10.6. The Bertz CT molecular complexity index is 150. The first kappa shape index (κ1) is 6.26. The van der Waals surface area contributed by atoms with Crippen LogP contribution in [0.5, 0.6) is 0 Å². The van der Waals surface area contributed by atoms with Crippen molar-refractivity contribution in [2.24, 2.45) is 5.92 Å². The van der Waals surface area contributed by atoms with E-state index in [-0.39, 0.29) is 11.8 Å². The molecule has 9 heavy (non-hydrogen) atoms. The molecule has 1 fully saturated rings. The van der Waals surface area contributed by atoms with E-state index in [9.17, 15) is 9.59 Å². The molecule has 1 aliphatic carbocycles. The molecule has 0 N–H and O–H groups in total. The lowest BCUT2D eigenvalue weighted by atomic mass is 9.84. The zero-order valence-corrected chi connectivity index (χ0v) is 5.22. The summed E-state index contributed by atoms with van der Waals surface area (Å²) in [6, 6.07) is 0. The van der Waals surface area contributed by atoms with Gasteiger partial charge in [0.2, 0.25) is 0 Å². The normalized spacial score (nSPS) is 25.0. The summed E-state index contributed by atoms with van der Waals surface area (Å²) in [5, 5.41) is 0. The summed E-state index contributed by atoms with van der Waals surface area (Å²) in [7, 11) is 1.30. The van der Waals surface area contributed by atoms with E-state index in [1.54, 1.807) is 0 Å². The first-order chi connectivity index (χ1) is 4.25. The van der Waals surface area contributed by atoms with Crippen LogP contribution in [-0.4, -0.2) is 18.9 Å².